The van der Waals surface area contributed by atoms with E-state index in [2.05, 4.69) is 5.32 Å². The molecular weight excluding hydrogens is 232 g/mol. The smallest absolute Gasteiger partial charge is 0.234 e. The zero-order chi connectivity index (χ0) is 13.0. The molecule has 0 unspecified atom stereocenters. The number of carbonyl (C=O) groups is 1. The van der Waals surface area contributed by atoms with Crippen molar-refractivity contribution in [2.45, 2.75) is 50.7 Å². The highest BCUT2D eigenvalue weighted by Crippen LogP contribution is 2.42. The molecule has 1 aliphatic carbocycles. The molecule has 2 rings (SSSR count). The molecule has 3 atom stereocenters. The van der Waals surface area contributed by atoms with E-state index in [1.165, 1.54) is 0 Å². The lowest BCUT2D eigenvalue weighted by Gasteiger charge is -2.45. The molecule has 1 aliphatic heterocycles. The Morgan fingerprint density at radius 3 is 2.94 bits per heavy atom. The van der Waals surface area contributed by atoms with Crippen LogP contribution in [-0.4, -0.2) is 42.9 Å². The molecular formula is C13H24N2O3. The summed E-state index contributed by atoms with van der Waals surface area (Å²) in [6.45, 7) is 1.38. The lowest BCUT2D eigenvalue weighted by atomic mass is 9.67. The quantitative estimate of drug-likeness (QED) is 0.657. The molecule has 5 nitrogen and oxygen atoms in total. The third kappa shape index (κ3) is 2.84. The van der Waals surface area contributed by atoms with Gasteiger partial charge in [-0.05, 0) is 25.7 Å². The average Bonchev–Trinajstić information content (AvgIpc) is 2.61. The second-order valence-corrected chi connectivity index (χ2v) is 5.59. The van der Waals surface area contributed by atoms with Crippen LogP contribution in [0.1, 0.15) is 38.5 Å². The predicted octanol–water partition coefficient (Wildman–Crippen LogP) is 0.162. The van der Waals surface area contributed by atoms with Gasteiger partial charge in [-0.2, -0.15) is 0 Å². The van der Waals surface area contributed by atoms with Crippen molar-refractivity contribution in [2.24, 2.45) is 11.1 Å². The summed E-state index contributed by atoms with van der Waals surface area (Å²) in [5, 5.41) is 13.4. The first-order valence-corrected chi connectivity index (χ1v) is 6.93. The Bertz CT molecular complexity index is 288. The average molecular weight is 256 g/mol. The summed E-state index contributed by atoms with van der Waals surface area (Å²) in [7, 11) is 0. The SMILES string of the molecule is NCC(=O)N[C@@H]1CCC[C@]2(CCCCOC2)[C@H]1O. The highest BCUT2D eigenvalue weighted by Gasteiger charge is 2.45. The maximum atomic E-state index is 11.4. The first-order chi connectivity index (χ1) is 8.68. The Labute approximate surface area is 108 Å². The highest BCUT2D eigenvalue weighted by atomic mass is 16.5. The number of nitrogens with two attached hydrogens (primary N) is 1. The van der Waals surface area contributed by atoms with Crippen LogP contribution in [0.15, 0.2) is 0 Å². The molecule has 0 radical (unpaired) electrons. The normalized spacial score (nSPS) is 37.2. The van der Waals surface area contributed by atoms with Crippen LogP contribution in [0.5, 0.6) is 0 Å². The van der Waals surface area contributed by atoms with Crippen LogP contribution in [0.3, 0.4) is 0 Å². The summed E-state index contributed by atoms with van der Waals surface area (Å²) in [6, 6.07) is -0.170. The van der Waals surface area contributed by atoms with E-state index in [1.54, 1.807) is 0 Å². The second-order valence-electron chi connectivity index (χ2n) is 5.59. The van der Waals surface area contributed by atoms with Crippen molar-refractivity contribution < 1.29 is 14.6 Å². The molecule has 1 saturated heterocycles. The molecule has 1 heterocycles. The Kier molecular flexibility index (Phi) is 4.59. The van der Waals surface area contributed by atoms with Gasteiger partial charge in [0, 0.05) is 12.0 Å². The third-order valence-electron chi connectivity index (χ3n) is 4.33. The van der Waals surface area contributed by atoms with E-state index in [-0.39, 0.29) is 23.9 Å². The number of hydrogen-bond donors (Lipinski definition) is 3. The number of nitrogens with one attached hydrogen (secondary N) is 1. The van der Waals surface area contributed by atoms with Gasteiger partial charge in [-0.3, -0.25) is 4.79 Å². The second kappa shape index (κ2) is 5.99. The predicted molar refractivity (Wildman–Crippen MR) is 67.9 cm³/mol. The molecule has 0 aromatic rings. The summed E-state index contributed by atoms with van der Waals surface area (Å²) in [4.78, 5) is 11.4. The standard InChI is InChI=1S/C13H24N2O3/c14-8-11(16)15-10-4-3-6-13(12(10)17)5-1-2-7-18-9-13/h10,12,17H,1-9,14H2,(H,15,16)/t10-,12+,13+/m1/s1. The highest BCUT2D eigenvalue weighted by molar-refractivity contribution is 5.78. The van der Waals surface area contributed by atoms with Gasteiger partial charge in [-0.1, -0.05) is 12.8 Å². The van der Waals surface area contributed by atoms with Crippen LogP contribution in [0.2, 0.25) is 0 Å². The van der Waals surface area contributed by atoms with Gasteiger partial charge in [0.05, 0.1) is 25.3 Å². The van der Waals surface area contributed by atoms with Crippen molar-refractivity contribution in [2.75, 3.05) is 19.8 Å². The largest absolute Gasteiger partial charge is 0.390 e. The fourth-order valence-electron chi connectivity index (χ4n) is 3.28. The summed E-state index contributed by atoms with van der Waals surface area (Å²) in [5.41, 5.74) is 5.15. The topological polar surface area (TPSA) is 84.6 Å². The maximum absolute atomic E-state index is 11.4. The molecule has 2 fully saturated rings. The summed E-state index contributed by atoms with van der Waals surface area (Å²) < 4.78 is 5.64. The Balaban J connectivity index is 2.04. The van der Waals surface area contributed by atoms with Gasteiger partial charge in [0.1, 0.15) is 0 Å². The molecule has 1 spiro atoms. The molecule has 2 aliphatic rings. The van der Waals surface area contributed by atoms with Crippen molar-refractivity contribution in [3.63, 3.8) is 0 Å². The monoisotopic (exact) mass is 256 g/mol. The lowest BCUT2D eigenvalue weighted by Crippen LogP contribution is -2.56. The maximum Gasteiger partial charge on any atom is 0.234 e. The van der Waals surface area contributed by atoms with Crippen molar-refractivity contribution >= 4 is 5.91 Å². The van der Waals surface area contributed by atoms with Crippen molar-refractivity contribution in [1.82, 2.24) is 5.32 Å². The van der Waals surface area contributed by atoms with E-state index in [0.717, 1.165) is 45.1 Å². The van der Waals surface area contributed by atoms with Gasteiger partial charge in [0.15, 0.2) is 0 Å². The first kappa shape index (κ1) is 13.8. The molecule has 0 aromatic carbocycles. The first-order valence-electron chi connectivity index (χ1n) is 6.93. The number of rotatable bonds is 2. The Hall–Kier alpha value is -0.650. The van der Waals surface area contributed by atoms with Crippen LogP contribution < -0.4 is 11.1 Å². The molecule has 1 amide bonds. The van der Waals surface area contributed by atoms with Gasteiger partial charge in [0.25, 0.3) is 0 Å². The molecule has 18 heavy (non-hydrogen) atoms. The van der Waals surface area contributed by atoms with Gasteiger partial charge in [0.2, 0.25) is 5.91 Å². The van der Waals surface area contributed by atoms with Crippen LogP contribution >= 0.6 is 0 Å². The zero-order valence-electron chi connectivity index (χ0n) is 10.9. The third-order valence-corrected chi connectivity index (χ3v) is 4.33. The summed E-state index contributed by atoms with van der Waals surface area (Å²) in [5.74, 6) is -0.189. The fourth-order valence-corrected chi connectivity index (χ4v) is 3.28. The van der Waals surface area contributed by atoms with Gasteiger partial charge in [-0.15, -0.1) is 0 Å². The van der Waals surface area contributed by atoms with E-state index in [9.17, 15) is 9.90 Å². The van der Waals surface area contributed by atoms with Crippen LogP contribution in [0.4, 0.5) is 0 Å². The lowest BCUT2D eigenvalue weighted by molar-refractivity contribution is -0.125. The van der Waals surface area contributed by atoms with Gasteiger partial charge in [-0.25, -0.2) is 0 Å². The van der Waals surface area contributed by atoms with E-state index >= 15 is 0 Å². The Morgan fingerprint density at radius 2 is 2.17 bits per heavy atom. The number of amides is 1. The van der Waals surface area contributed by atoms with Crippen LogP contribution in [0.25, 0.3) is 0 Å². The van der Waals surface area contributed by atoms with Gasteiger partial charge < -0.3 is 20.9 Å². The Morgan fingerprint density at radius 1 is 1.39 bits per heavy atom. The van der Waals surface area contributed by atoms with Crippen molar-refractivity contribution in [3.05, 3.63) is 0 Å². The van der Waals surface area contributed by atoms with Crippen LogP contribution in [0, 0.1) is 5.41 Å². The van der Waals surface area contributed by atoms with E-state index < -0.39 is 6.10 Å². The zero-order valence-corrected chi connectivity index (χ0v) is 10.9. The van der Waals surface area contributed by atoms with Crippen molar-refractivity contribution in [1.29, 1.82) is 0 Å². The van der Waals surface area contributed by atoms with Crippen molar-refractivity contribution in [3.8, 4) is 0 Å². The number of aliphatic hydroxyl groups is 1. The molecule has 1 saturated carbocycles. The molecule has 4 N–H and O–H groups in total. The molecule has 5 heteroatoms. The van der Waals surface area contributed by atoms with E-state index in [1.807, 2.05) is 0 Å². The summed E-state index contributed by atoms with van der Waals surface area (Å²) in [6.07, 6.45) is 5.47. The number of aliphatic hydroxyl groups excluding tert-OH is 1. The minimum Gasteiger partial charge on any atom is -0.390 e. The molecule has 0 aromatic heterocycles. The van der Waals surface area contributed by atoms with Crippen LogP contribution in [-0.2, 0) is 9.53 Å². The molecule has 104 valence electrons. The minimum absolute atomic E-state index is 0.0211. The molecule has 0 bridgehead atoms. The number of hydrogen-bond acceptors (Lipinski definition) is 4. The number of ether oxygens (including phenoxy) is 1. The van der Waals surface area contributed by atoms with E-state index in [4.69, 9.17) is 10.5 Å². The van der Waals surface area contributed by atoms with Gasteiger partial charge >= 0.3 is 0 Å². The fraction of sp³-hybridized carbons (Fsp3) is 0.923. The summed E-state index contributed by atoms with van der Waals surface area (Å²) >= 11 is 0. The van der Waals surface area contributed by atoms with E-state index in [0.29, 0.717) is 6.61 Å². The number of carbonyl (C=O) groups excluding carboxylic acids is 1. The minimum atomic E-state index is -0.514.